The second-order valence-corrected chi connectivity index (χ2v) is 3.42. The molecule has 3 heterocycles. The molecule has 0 aromatic carbocycles. The zero-order valence-electron chi connectivity index (χ0n) is 8.71. The van der Waals surface area contributed by atoms with Crippen molar-refractivity contribution in [2.45, 2.75) is 0 Å². The van der Waals surface area contributed by atoms with Crippen LogP contribution in [0, 0.1) is 10.1 Å². The summed E-state index contributed by atoms with van der Waals surface area (Å²) in [5, 5.41) is 17.1. The summed E-state index contributed by atoms with van der Waals surface area (Å²) in [4.78, 5) is 27.8. The molecule has 0 aliphatic heterocycles. The van der Waals surface area contributed by atoms with Gasteiger partial charge in [0.15, 0.2) is 11.4 Å². The number of nitrogens with one attached hydrogen (secondary N) is 2. The standard InChI is InChI=1S/C9H5N5O4/c15-9-6-7(12-13-8(6)10-3-11-9)4-1-2-5(18-4)14(16)17/h1-3H,(H2,10,11,12,13,15). The predicted octanol–water partition coefficient (Wildman–Crippen LogP) is 0.814. The lowest BCUT2D eigenvalue weighted by Gasteiger charge is -1.90. The van der Waals surface area contributed by atoms with Gasteiger partial charge < -0.3 is 9.40 Å². The van der Waals surface area contributed by atoms with Gasteiger partial charge in [0.05, 0.1) is 12.4 Å². The normalized spacial score (nSPS) is 10.9. The van der Waals surface area contributed by atoms with Crippen molar-refractivity contribution in [3.05, 3.63) is 38.9 Å². The second kappa shape index (κ2) is 3.52. The third kappa shape index (κ3) is 1.38. The molecule has 0 bridgehead atoms. The van der Waals surface area contributed by atoms with Crippen molar-refractivity contribution < 1.29 is 9.34 Å². The van der Waals surface area contributed by atoms with E-state index in [9.17, 15) is 14.9 Å². The highest BCUT2D eigenvalue weighted by atomic mass is 16.6. The molecule has 2 N–H and O–H groups in total. The summed E-state index contributed by atoms with van der Waals surface area (Å²) in [5.74, 6) is -0.254. The third-order valence-corrected chi connectivity index (χ3v) is 2.37. The molecule has 18 heavy (non-hydrogen) atoms. The van der Waals surface area contributed by atoms with Crippen LogP contribution < -0.4 is 5.56 Å². The maximum atomic E-state index is 11.6. The van der Waals surface area contributed by atoms with E-state index in [1.165, 1.54) is 18.5 Å². The van der Waals surface area contributed by atoms with Crippen LogP contribution >= 0.6 is 0 Å². The summed E-state index contributed by atoms with van der Waals surface area (Å²) >= 11 is 0. The average molecular weight is 247 g/mol. The Morgan fingerprint density at radius 3 is 2.94 bits per heavy atom. The zero-order valence-corrected chi connectivity index (χ0v) is 8.71. The van der Waals surface area contributed by atoms with Gasteiger partial charge in [-0.3, -0.25) is 20.0 Å². The van der Waals surface area contributed by atoms with E-state index in [0.717, 1.165) is 0 Å². The molecule has 0 radical (unpaired) electrons. The van der Waals surface area contributed by atoms with Crippen molar-refractivity contribution in [3.63, 3.8) is 0 Å². The molecule has 90 valence electrons. The first-order valence-electron chi connectivity index (χ1n) is 4.83. The number of aromatic amines is 2. The molecule has 0 amide bonds. The maximum absolute atomic E-state index is 11.6. The maximum Gasteiger partial charge on any atom is 0.433 e. The van der Waals surface area contributed by atoms with Gasteiger partial charge in [0, 0.05) is 0 Å². The van der Waals surface area contributed by atoms with E-state index in [4.69, 9.17) is 4.42 Å². The lowest BCUT2D eigenvalue weighted by atomic mass is 10.2. The quantitative estimate of drug-likeness (QED) is 0.509. The fraction of sp³-hybridized carbons (Fsp3) is 0. The largest absolute Gasteiger partial charge is 0.433 e. The van der Waals surface area contributed by atoms with Gasteiger partial charge in [0.25, 0.3) is 5.56 Å². The Morgan fingerprint density at radius 2 is 2.22 bits per heavy atom. The van der Waals surface area contributed by atoms with Gasteiger partial charge in [-0.25, -0.2) is 4.98 Å². The van der Waals surface area contributed by atoms with Crippen molar-refractivity contribution in [2.75, 3.05) is 0 Å². The Labute approximate surface area is 97.6 Å². The van der Waals surface area contributed by atoms with E-state index in [1.807, 2.05) is 0 Å². The lowest BCUT2D eigenvalue weighted by Crippen LogP contribution is -2.05. The van der Waals surface area contributed by atoms with Gasteiger partial charge in [0.1, 0.15) is 16.0 Å². The van der Waals surface area contributed by atoms with Crippen LogP contribution in [-0.4, -0.2) is 25.1 Å². The highest BCUT2D eigenvalue weighted by Gasteiger charge is 2.18. The number of H-pyrrole nitrogens is 2. The highest BCUT2D eigenvalue weighted by molar-refractivity contribution is 5.88. The molecular weight excluding hydrogens is 242 g/mol. The molecule has 0 aliphatic rings. The molecule has 0 aliphatic carbocycles. The van der Waals surface area contributed by atoms with Crippen LogP contribution in [0.2, 0.25) is 0 Å². The lowest BCUT2D eigenvalue weighted by molar-refractivity contribution is -0.401. The van der Waals surface area contributed by atoms with Gasteiger partial charge >= 0.3 is 5.88 Å². The zero-order chi connectivity index (χ0) is 12.7. The third-order valence-electron chi connectivity index (χ3n) is 2.37. The average Bonchev–Trinajstić information content (AvgIpc) is 2.94. The van der Waals surface area contributed by atoms with Gasteiger partial charge in [-0.05, 0) is 6.07 Å². The molecule has 3 aromatic heterocycles. The van der Waals surface area contributed by atoms with Gasteiger partial charge in [0.2, 0.25) is 0 Å². The fourth-order valence-electron chi connectivity index (χ4n) is 1.60. The monoisotopic (exact) mass is 247 g/mol. The molecule has 3 rings (SSSR count). The van der Waals surface area contributed by atoms with Gasteiger partial charge in [-0.2, -0.15) is 5.10 Å². The van der Waals surface area contributed by atoms with Crippen molar-refractivity contribution in [1.82, 2.24) is 20.2 Å². The van der Waals surface area contributed by atoms with Crippen molar-refractivity contribution in [3.8, 4) is 11.5 Å². The van der Waals surface area contributed by atoms with Crippen molar-refractivity contribution in [2.24, 2.45) is 0 Å². The molecule has 0 spiro atoms. The molecule has 3 aromatic rings. The second-order valence-electron chi connectivity index (χ2n) is 3.42. The molecular formula is C9H5N5O4. The minimum atomic E-state index is -0.662. The Balaban J connectivity index is 2.25. The Hall–Kier alpha value is -2.97. The summed E-state index contributed by atoms with van der Waals surface area (Å²) in [7, 11) is 0. The van der Waals surface area contributed by atoms with Crippen molar-refractivity contribution in [1.29, 1.82) is 0 Å². The van der Waals surface area contributed by atoms with E-state index < -0.39 is 16.4 Å². The molecule has 0 fully saturated rings. The van der Waals surface area contributed by atoms with Crippen LogP contribution in [0.25, 0.3) is 22.5 Å². The molecule has 0 unspecified atom stereocenters. The van der Waals surface area contributed by atoms with Gasteiger partial charge in [-0.15, -0.1) is 0 Å². The van der Waals surface area contributed by atoms with Crippen LogP contribution in [0.1, 0.15) is 0 Å². The van der Waals surface area contributed by atoms with E-state index in [2.05, 4.69) is 20.2 Å². The van der Waals surface area contributed by atoms with E-state index in [0.29, 0.717) is 0 Å². The predicted molar refractivity (Wildman–Crippen MR) is 58.9 cm³/mol. The molecule has 0 atom stereocenters. The smallest absolute Gasteiger partial charge is 0.399 e. The van der Waals surface area contributed by atoms with Crippen LogP contribution in [0.3, 0.4) is 0 Å². The summed E-state index contributed by atoms with van der Waals surface area (Å²) in [6.07, 6.45) is 1.22. The number of hydrogen-bond donors (Lipinski definition) is 2. The SMILES string of the molecule is O=c1[nH]cnc2n[nH]c(-c3ccc([N+](=O)[O-])o3)c12. The highest BCUT2D eigenvalue weighted by Crippen LogP contribution is 2.27. The molecule has 9 heteroatoms. The first-order valence-corrected chi connectivity index (χ1v) is 4.83. The van der Waals surface area contributed by atoms with Crippen LogP contribution in [0.4, 0.5) is 5.88 Å². The minimum Gasteiger partial charge on any atom is -0.399 e. The number of furan rings is 1. The number of aromatic nitrogens is 4. The summed E-state index contributed by atoms with van der Waals surface area (Å²) in [6, 6.07) is 2.59. The van der Waals surface area contributed by atoms with Crippen LogP contribution in [0.15, 0.2) is 27.7 Å². The van der Waals surface area contributed by atoms with Crippen LogP contribution in [0.5, 0.6) is 0 Å². The summed E-state index contributed by atoms with van der Waals surface area (Å²) in [6.45, 7) is 0. The Bertz CT molecular complexity index is 799. The number of nitro groups is 1. The molecule has 0 saturated heterocycles. The first kappa shape index (κ1) is 10.2. The Morgan fingerprint density at radius 1 is 1.39 bits per heavy atom. The summed E-state index contributed by atoms with van der Waals surface area (Å²) in [5.41, 5.74) is 0.0723. The topological polar surface area (TPSA) is 131 Å². The molecule has 9 nitrogen and oxygen atoms in total. The number of rotatable bonds is 2. The van der Waals surface area contributed by atoms with Crippen LogP contribution in [-0.2, 0) is 0 Å². The number of fused-ring (bicyclic) bond motifs is 1. The minimum absolute atomic E-state index is 0.155. The number of hydrogen-bond acceptors (Lipinski definition) is 6. The van der Waals surface area contributed by atoms with Crippen molar-refractivity contribution >= 4 is 16.9 Å². The van der Waals surface area contributed by atoms with E-state index >= 15 is 0 Å². The van der Waals surface area contributed by atoms with E-state index in [-0.39, 0.29) is 22.5 Å². The Kier molecular flexibility index (Phi) is 1.99. The molecule has 0 saturated carbocycles. The number of nitrogens with zero attached hydrogens (tertiary/aromatic N) is 3. The summed E-state index contributed by atoms with van der Waals surface area (Å²) < 4.78 is 5.00. The van der Waals surface area contributed by atoms with E-state index in [1.54, 1.807) is 0 Å². The fourth-order valence-corrected chi connectivity index (χ4v) is 1.60. The van der Waals surface area contributed by atoms with Gasteiger partial charge in [-0.1, -0.05) is 0 Å². The first-order chi connectivity index (χ1) is 8.66.